The molecule has 0 unspecified atom stereocenters. The van der Waals surface area contributed by atoms with Crippen LogP contribution in [0, 0.1) is 0 Å². The second kappa shape index (κ2) is 6.82. The van der Waals surface area contributed by atoms with E-state index in [0.717, 1.165) is 28.6 Å². The molecule has 4 rings (SSSR count). The molecule has 0 spiro atoms. The maximum absolute atomic E-state index is 13.2. The lowest BCUT2D eigenvalue weighted by molar-refractivity contribution is 0.0672. The fourth-order valence-electron chi connectivity index (χ4n) is 3.80. The average Bonchev–Trinajstić information content (AvgIpc) is 3.10. The van der Waals surface area contributed by atoms with Crippen molar-refractivity contribution in [3.05, 3.63) is 58.2 Å². The summed E-state index contributed by atoms with van der Waals surface area (Å²) in [5.41, 5.74) is 3.75. The monoisotopic (exact) mass is 384 g/mol. The van der Waals surface area contributed by atoms with Gasteiger partial charge in [-0.15, -0.1) is 0 Å². The first-order chi connectivity index (χ1) is 13.0. The molecule has 0 bridgehead atoms. The molecule has 3 aromatic rings. The second-order valence-electron chi connectivity index (χ2n) is 6.75. The Morgan fingerprint density at radius 2 is 1.89 bits per heavy atom. The van der Waals surface area contributed by atoms with Crippen molar-refractivity contribution in [2.24, 2.45) is 0 Å². The number of hydrogen-bond donors (Lipinski definition) is 1. The zero-order valence-corrected chi connectivity index (χ0v) is 16.3. The number of methoxy groups -OCH3 is 2. The number of rotatable bonds is 3. The summed E-state index contributed by atoms with van der Waals surface area (Å²) >= 11 is 6.06. The van der Waals surface area contributed by atoms with Crippen molar-refractivity contribution in [3.63, 3.8) is 0 Å². The smallest absolute Gasteiger partial charge is 0.270 e. The van der Waals surface area contributed by atoms with E-state index < -0.39 is 0 Å². The molecular formula is C21H21ClN2O3. The number of amides is 1. The molecule has 1 atom stereocenters. The van der Waals surface area contributed by atoms with Crippen LogP contribution in [-0.2, 0) is 6.42 Å². The van der Waals surface area contributed by atoms with E-state index >= 15 is 0 Å². The van der Waals surface area contributed by atoms with Crippen molar-refractivity contribution in [2.45, 2.75) is 19.4 Å². The molecule has 2 heterocycles. The normalized spacial score (nSPS) is 16.3. The standard InChI is InChI=1S/C21H21ClN2O3/c1-12-16-11-20(27-3)19(26-2)10-13(16)6-7-24(12)21(25)18-9-14-8-15(22)4-5-17(14)23-18/h4-5,8-12,23H,6-7H2,1-3H3/t12-/m0/s1. The summed E-state index contributed by atoms with van der Waals surface area (Å²) in [6.45, 7) is 2.69. The number of H-pyrrole nitrogens is 1. The van der Waals surface area contributed by atoms with E-state index in [4.69, 9.17) is 21.1 Å². The zero-order valence-electron chi connectivity index (χ0n) is 15.5. The van der Waals surface area contributed by atoms with E-state index in [2.05, 4.69) is 4.98 Å². The molecule has 5 nitrogen and oxygen atoms in total. The van der Waals surface area contributed by atoms with Gasteiger partial charge in [0.15, 0.2) is 11.5 Å². The van der Waals surface area contributed by atoms with E-state index in [0.29, 0.717) is 23.0 Å². The first kappa shape index (κ1) is 17.7. The lowest BCUT2D eigenvalue weighted by Crippen LogP contribution is -2.39. The molecule has 6 heteroatoms. The first-order valence-electron chi connectivity index (χ1n) is 8.86. The third-order valence-electron chi connectivity index (χ3n) is 5.26. The van der Waals surface area contributed by atoms with Crippen LogP contribution in [0.25, 0.3) is 10.9 Å². The summed E-state index contributed by atoms with van der Waals surface area (Å²) in [6.07, 6.45) is 0.776. The van der Waals surface area contributed by atoms with Crippen molar-refractivity contribution >= 4 is 28.4 Å². The van der Waals surface area contributed by atoms with Gasteiger partial charge in [-0.1, -0.05) is 11.6 Å². The van der Waals surface area contributed by atoms with Crippen LogP contribution in [-0.4, -0.2) is 36.6 Å². The van der Waals surface area contributed by atoms with Gasteiger partial charge in [-0.05, 0) is 60.9 Å². The highest BCUT2D eigenvalue weighted by molar-refractivity contribution is 6.31. The highest BCUT2D eigenvalue weighted by Gasteiger charge is 2.30. The highest BCUT2D eigenvalue weighted by Crippen LogP contribution is 2.38. The molecule has 0 aliphatic carbocycles. The Bertz CT molecular complexity index is 1030. The van der Waals surface area contributed by atoms with Gasteiger partial charge in [0.1, 0.15) is 5.69 Å². The molecule has 0 fully saturated rings. The fourth-order valence-corrected chi connectivity index (χ4v) is 3.98. The third kappa shape index (κ3) is 3.02. The topological polar surface area (TPSA) is 54.6 Å². The van der Waals surface area contributed by atoms with E-state index in [1.165, 1.54) is 5.56 Å². The van der Waals surface area contributed by atoms with Crippen molar-refractivity contribution < 1.29 is 14.3 Å². The Balaban J connectivity index is 1.67. The molecule has 1 aliphatic heterocycles. The summed E-state index contributed by atoms with van der Waals surface area (Å²) in [7, 11) is 3.25. The molecule has 0 saturated carbocycles. The van der Waals surface area contributed by atoms with Gasteiger partial charge in [-0.3, -0.25) is 4.79 Å². The van der Waals surface area contributed by atoms with Gasteiger partial charge in [0.2, 0.25) is 0 Å². The number of fused-ring (bicyclic) bond motifs is 2. The number of hydrogen-bond acceptors (Lipinski definition) is 3. The van der Waals surface area contributed by atoms with Crippen molar-refractivity contribution in [1.29, 1.82) is 0 Å². The first-order valence-corrected chi connectivity index (χ1v) is 9.23. The summed E-state index contributed by atoms with van der Waals surface area (Å²) < 4.78 is 10.8. The van der Waals surface area contributed by atoms with Crippen molar-refractivity contribution in [2.75, 3.05) is 20.8 Å². The molecule has 0 radical (unpaired) electrons. The summed E-state index contributed by atoms with van der Waals surface area (Å²) in [4.78, 5) is 18.3. The summed E-state index contributed by atoms with van der Waals surface area (Å²) in [5, 5.41) is 1.59. The van der Waals surface area contributed by atoms with E-state index in [-0.39, 0.29) is 11.9 Å². The van der Waals surface area contributed by atoms with Crippen molar-refractivity contribution in [3.8, 4) is 11.5 Å². The van der Waals surface area contributed by atoms with Crippen LogP contribution < -0.4 is 9.47 Å². The van der Waals surface area contributed by atoms with Gasteiger partial charge in [0.25, 0.3) is 5.91 Å². The maximum atomic E-state index is 13.2. The second-order valence-corrected chi connectivity index (χ2v) is 7.18. The number of nitrogens with one attached hydrogen (secondary N) is 1. The summed E-state index contributed by atoms with van der Waals surface area (Å²) in [5.74, 6) is 1.38. The number of halogens is 1. The minimum Gasteiger partial charge on any atom is -0.493 e. The molecule has 0 saturated heterocycles. The van der Waals surface area contributed by atoms with Gasteiger partial charge in [-0.25, -0.2) is 0 Å². The number of nitrogens with zero attached hydrogens (tertiary/aromatic N) is 1. The van der Waals surface area contributed by atoms with Gasteiger partial charge in [0, 0.05) is 22.5 Å². The number of carbonyl (C=O) groups excluding carboxylic acids is 1. The number of aromatic amines is 1. The van der Waals surface area contributed by atoms with Crippen LogP contribution >= 0.6 is 11.6 Å². The average molecular weight is 385 g/mol. The molecule has 2 aromatic carbocycles. The van der Waals surface area contributed by atoms with Gasteiger partial charge >= 0.3 is 0 Å². The van der Waals surface area contributed by atoms with Crippen LogP contribution in [0.4, 0.5) is 0 Å². The van der Waals surface area contributed by atoms with Crippen LogP contribution in [0.1, 0.15) is 34.6 Å². The Hall–Kier alpha value is -2.66. The Labute approximate surface area is 162 Å². The predicted octanol–water partition coefficient (Wildman–Crippen LogP) is 4.60. The number of ether oxygens (including phenoxy) is 2. The Morgan fingerprint density at radius 3 is 2.63 bits per heavy atom. The molecule has 140 valence electrons. The summed E-state index contributed by atoms with van der Waals surface area (Å²) in [6, 6.07) is 11.3. The molecule has 1 aliphatic rings. The molecular weight excluding hydrogens is 364 g/mol. The largest absolute Gasteiger partial charge is 0.493 e. The molecule has 1 amide bonds. The quantitative estimate of drug-likeness (QED) is 0.718. The van der Waals surface area contributed by atoms with Crippen LogP contribution in [0.2, 0.25) is 5.02 Å². The van der Waals surface area contributed by atoms with E-state index in [9.17, 15) is 4.79 Å². The molecule has 27 heavy (non-hydrogen) atoms. The lowest BCUT2D eigenvalue weighted by Gasteiger charge is -2.35. The minimum atomic E-state index is -0.0592. The predicted molar refractivity (Wildman–Crippen MR) is 106 cm³/mol. The lowest BCUT2D eigenvalue weighted by atomic mass is 9.92. The van der Waals surface area contributed by atoms with Crippen LogP contribution in [0.3, 0.4) is 0 Å². The maximum Gasteiger partial charge on any atom is 0.270 e. The van der Waals surface area contributed by atoms with Gasteiger partial charge < -0.3 is 19.4 Å². The zero-order chi connectivity index (χ0) is 19.1. The van der Waals surface area contributed by atoms with E-state index in [1.807, 2.05) is 48.2 Å². The van der Waals surface area contributed by atoms with Crippen molar-refractivity contribution in [1.82, 2.24) is 9.88 Å². The number of benzene rings is 2. The third-order valence-corrected chi connectivity index (χ3v) is 5.49. The van der Waals surface area contributed by atoms with Crippen LogP contribution in [0.15, 0.2) is 36.4 Å². The fraction of sp³-hybridized carbons (Fsp3) is 0.286. The van der Waals surface area contributed by atoms with Gasteiger partial charge in [-0.2, -0.15) is 0 Å². The Kier molecular flexibility index (Phi) is 4.48. The number of carbonyl (C=O) groups is 1. The number of aromatic nitrogens is 1. The Morgan fingerprint density at radius 1 is 1.15 bits per heavy atom. The van der Waals surface area contributed by atoms with Gasteiger partial charge in [0.05, 0.1) is 20.3 Å². The van der Waals surface area contributed by atoms with E-state index in [1.54, 1.807) is 14.2 Å². The minimum absolute atomic E-state index is 0.0183. The highest BCUT2D eigenvalue weighted by atomic mass is 35.5. The molecule has 1 aromatic heterocycles. The SMILES string of the molecule is COc1cc2c(cc1OC)[C@H](C)N(C(=O)c1cc3cc(Cl)ccc3[nH]1)CC2. The molecule has 1 N–H and O–H groups in total. The van der Waals surface area contributed by atoms with Crippen LogP contribution in [0.5, 0.6) is 11.5 Å².